The largest absolute Gasteiger partial charge is 0.464 e. The van der Waals surface area contributed by atoms with E-state index in [4.69, 9.17) is 4.74 Å². The highest BCUT2D eigenvalue weighted by atomic mass is 32.2. The molecule has 1 N–H and O–H groups in total. The Morgan fingerprint density at radius 2 is 1.67 bits per heavy atom. The van der Waals surface area contributed by atoms with Gasteiger partial charge in [0.25, 0.3) is 15.9 Å². The number of amides is 1. The Morgan fingerprint density at radius 3 is 2.24 bits per heavy atom. The number of ether oxygens (including phenoxy) is 2. The molecule has 0 bridgehead atoms. The highest BCUT2D eigenvalue weighted by Gasteiger charge is 2.30. The third kappa shape index (κ3) is 5.86. The average Bonchev–Trinajstić information content (AvgIpc) is 2.78. The molecule has 0 aliphatic carbocycles. The first-order valence-corrected chi connectivity index (χ1v) is 10.5. The van der Waals surface area contributed by atoms with Gasteiger partial charge < -0.3 is 9.47 Å². The van der Waals surface area contributed by atoms with Gasteiger partial charge in [-0.15, -0.1) is 0 Å². The van der Waals surface area contributed by atoms with Crippen molar-refractivity contribution in [1.29, 1.82) is 0 Å². The molecule has 1 amide bonds. The predicted molar refractivity (Wildman–Crippen MR) is 108 cm³/mol. The van der Waals surface area contributed by atoms with Crippen LogP contribution in [0, 0.1) is 0 Å². The van der Waals surface area contributed by atoms with Crippen LogP contribution in [0.1, 0.15) is 26.4 Å². The molecule has 3 rings (SSSR count). The first-order valence-electron chi connectivity index (χ1n) is 9.06. The molecule has 0 unspecified atom stereocenters. The number of halogens is 3. The molecular formula is C21H15F3N2O6S. The van der Waals surface area contributed by atoms with E-state index < -0.39 is 33.6 Å². The maximum atomic E-state index is 12.8. The summed E-state index contributed by atoms with van der Waals surface area (Å²) < 4.78 is 75.0. The summed E-state index contributed by atoms with van der Waals surface area (Å²) in [7, 11) is -3.12. The van der Waals surface area contributed by atoms with Gasteiger partial charge in [0.05, 0.1) is 23.1 Å². The summed E-state index contributed by atoms with van der Waals surface area (Å²) in [6.45, 7) is 0. The monoisotopic (exact) mass is 480 g/mol. The van der Waals surface area contributed by atoms with Gasteiger partial charge in [0.2, 0.25) is 0 Å². The van der Waals surface area contributed by atoms with E-state index in [0.717, 1.165) is 37.6 Å². The van der Waals surface area contributed by atoms with Gasteiger partial charge in [-0.25, -0.2) is 22.9 Å². The maximum Gasteiger partial charge on any atom is 0.416 e. The van der Waals surface area contributed by atoms with E-state index in [-0.39, 0.29) is 27.7 Å². The van der Waals surface area contributed by atoms with E-state index in [1.807, 2.05) is 4.72 Å². The summed E-state index contributed by atoms with van der Waals surface area (Å²) in [5.74, 6) is -1.70. The lowest BCUT2D eigenvalue weighted by atomic mass is 10.2. The molecule has 0 saturated carbocycles. The van der Waals surface area contributed by atoms with Crippen molar-refractivity contribution < 1.29 is 40.7 Å². The van der Waals surface area contributed by atoms with Gasteiger partial charge in [-0.2, -0.15) is 13.2 Å². The Kier molecular flexibility index (Phi) is 6.68. The van der Waals surface area contributed by atoms with Gasteiger partial charge >= 0.3 is 12.1 Å². The van der Waals surface area contributed by atoms with E-state index in [1.54, 1.807) is 0 Å². The van der Waals surface area contributed by atoms with Crippen molar-refractivity contribution in [3.8, 4) is 11.5 Å². The Bertz CT molecular complexity index is 1270. The zero-order valence-corrected chi connectivity index (χ0v) is 17.6. The number of aromatic nitrogens is 1. The summed E-state index contributed by atoms with van der Waals surface area (Å²) in [5.41, 5.74) is -1.07. The van der Waals surface area contributed by atoms with Crippen LogP contribution >= 0.6 is 0 Å². The van der Waals surface area contributed by atoms with Crippen LogP contribution in [-0.4, -0.2) is 32.4 Å². The van der Waals surface area contributed by atoms with Crippen LogP contribution in [0.25, 0.3) is 0 Å². The summed E-state index contributed by atoms with van der Waals surface area (Å²) in [6.07, 6.45) is -3.52. The van der Waals surface area contributed by atoms with Gasteiger partial charge in [0.15, 0.2) is 0 Å². The van der Waals surface area contributed by atoms with Crippen LogP contribution in [0.4, 0.5) is 13.2 Å². The van der Waals surface area contributed by atoms with E-state index in [1.165, 1.54) is 36.4 Å². The highest BCUT2D eigenvalue weighted by Crippen LogP contribution is 2.32. The molecule has 1 aromatic heterocycles. The summed E-state index contributed by atoms with van der Waals surface area (Å²) >= 11 is 0. The topological polar surface area (TPSA) is 112 Å². The number of carbonyl (C=O) groups excluding carboxylic acids is 2. The number of nitrogens with one attached hydrogen (secondary N) is 1. The van der Waals surface area contributed by atoms with E-state index in [9.17, 15) is 31.2 Å². The van der Waals surface area contributed by atoms with Gasteiger partial charge in [-0.3, -0.25) is 4.79 Å². The highest BCUT2D eigenvalue weighted by molar-refractivity contribution is 7.90. The minimum absolute atomic E-state index is 0.0618. The minimum Gasteiger partial charge on any atom is -0.464 e. The molecule has 0 aliphatic heterocycles. The molecule has 0 atom stereocenters. The van der Waals surface area contributed by atoms with Crippen LogP contribution < -0.4 is 9.46 Å². The molecule has 0 aliphatic rings. The lowest BCUT2D eigenvalue weighted by Crippen LogP contribution is -2.30. The molecular weight excluding hydrogens is 465 g/mol. The second-order valence-corrected chi connectivity index (χ2v) is 8.14. The second-order valence-electron chi connectivity index (χ2n) is 6.46. The Balaban J connectivity index is 1.70. The second kappa shape index (κ2) is 9.28. The van der Waals surface area contributed by atoms with E-state index in [0.29, 0.717) is 0 Å². The third-order valence-electron chi connectivity index (χ3n) is 4.18. The Morgan fingerprint density at radius 1 is 0.970 bits per heavy atom. The SMILES string of the molecule is COC(=O)c1ccc(C(=O)NS(=O)(=O)c2ccc(Oc3cccc(C(F)(F)F)c3)cc2)cn1. The fraction of sp³-hybridized carbons (Fsp3) is 0.0952. The predicted octanol–water partition coefficient (Wildman–Crippen LogP) is 3.80. The van der Waals surface area contributed by atoms with Gasteiger partial charge in [0, 0.05) is 6.20 Å². The fourth-order valence-corrected chi connectivity index (χ4v) is 3.53. The molecule has 1 heterocycles. The number of sulfonamides is 1. The lowest BCUT2D eigenvalue weighted by Gasteiger charge is -2.11. The average molecular weight is 480 g/mol. The van der Waals surface area contributed by atoms with Gasteiger partial charge in [-0.05, 0) is 54.6 Å². The lowest BCUT2D eigenvalue weighted by molar-refractivity contribution is -0.137. The standard InChI is InChI=1S/C21H15F3N2O6S/c1-31-20(28)18-10-5-13(12-25-18)19(27)26-33(29,30)17-8-6-15(7-9-17)32-16-4-2-3-14(11-16)21(22,23)24/h2-12H,1H3,(H,26,27). The number of hydrogen-bond donors (Lipinski definition) is 1. The van der Waals surface area contributed by atoms with Crippen LogP contribution in [0.2, 0.25) is 0 Å². The van der Waals surface area contributed by atoms with Gasteiger partial charge in [-0.1, -0.05) is 6.07 Å². The number of hydrogen-bond acceptors (Lipinski definition) is 7. The molecule has 33 heavy (non-hydrogen) atoms. The minimum atomic E-state index is -4.54. The number of rotatable bonds is 6. The number of nitrogens with zero attached hydrogens (tertiary/aromatic N) is 1. The molecule has 12 heteroatoms. The van der Waals surface area contributed by atoms with Crippen molar-refractivity contribution in [2.45, 2.75) is 11.1 Å². The summed E-state index contributed by atoms with van der Waals surface area (Å²) in [5, 5.41) is 0. The zero-order chi connectivity index (χ0) is 24.2. The molecule has 3 aromatic rings. The molecule has 0 saturated heterocycles. The normalized spacial score (nSPS) is 11.5. The van der Waals surface area contributed by atoms with Crippen molar-refractivity contribution in [3.05, 3.63) is 83.7 Å². The summed E-state index contributed by atoms with van der Waals surface area (Å²) in [4.78, 5) is 27.1. The Hall–Kier alpha value is -3.93. The fourth-order valence-electron chi connectivity index (χ4n) is 2.55. The molecule has 0 fully saturated rings. The molecule has 0 spiro atoms. The molecule has 8 nitrogen and oxygen atoms in total. The van der Waals surface area contributed by atoms with E-state index >= 15 is 0 Å². The number of methoxy groups -OCH3 is 1. The molecule has 0 radical (unpaired) electrons. The van der Waals surface area contributed by atoms with Crippen LogP contribution in [0.3, 0.4) is 0 Å². The zero-order valence-electron chi connectivity index (χ0n) is 16.8. The number of pyridine rings is 1. The van der Waals surface area contributed by atoms with Crippen molar-refractivity contribution in [3.63, 3.8) is 0 Å². The third-order valence-corrected chi connectivity index (χ3v) is 5.53. The summed E-state index contributed by atoms with van der Waals surface area (Å²) in [6, 6.07) is 11.3. The van der Waals surface area contributed by atoms with E-state index in [2.05, 4.69) is 9.72 Å². The smallest absolute Gasteiger partial charge is 0.416 e. The number of esters is 1. The quantitative estimate of drug-likeness (QED) is 0.534. The first kappa shape index (κ1) is 23.7. The van der Waals surface area contributed by atoms with Crippen molar-refractivity contribution in [1.82, 2.24) is 9.71 Å². The Labute approximate surface area is 186 Å². The number of alkyl halides is 3. The molecule has 2 aromatic carbocycles. The van der Waals surface area contributed by atoms with Crippen molar-refractivity contribution in [2.24, 2.45) is 0 Å². The van der Waals surface area contributed by atoms with Crippen molar-refractivity contribution >= 4 is 21.9 Å². The van der Waals surface area contributed by atoms with Crippen molar-refractivity contribution in [2.75, 3.05) is 7.11 Å². The number of carbonyl (C=O) groups is 2. The first-order chi connectivity index (χ1) is 15.5. The van der Waals surface area contributed by atoms with Gasteiger partial charge in [0.1, 0.15) is 17.2 Å². The number of benzene rings is 2. The van der Waals surface area contributed by atoms with Crippen LogP contribution in [0.5, 0.6) is 11.5 Å². The maximum absolute atomic E-state index is 12.8. The van der Waals surface area contributed by atoms with Crippen LogP contribution in [-0.2, 0) is 20.9 Å². The van der Waals surface area contributed by atoms with Crippen LogP contribution in [0.15, 0.2) is 71.8 Å². The molecule has 172 valence electrons.